The van der Waals surface area contributed by atoms with Gasteiger partial charge in [0.1, 0.15) is 5.75 Å². The summed E-state index contributed by atoms with van der Waals surface area (Å²) in [6, 6.07) is 8.47. The van der Waals surface area contributed by atoms with Gasteiger partial charge in [0.15, 0.2) is 9.84 Å². The van der Waals surface area contributed by atoms with Gasteiger partial charge in [-0.05, 0) is 74.0 Å². The van der Waals surface area contributed by atoms with E-state index in [1.54, 1.807) is 24.3 Å². The molecule has 1 aromatic carbocycles. The van der Waals surface area contributed by atoms with Crippen LogP contribution in [0.4, 0.5) is 0 Å². The second-order valence-corrected chi connectivity index (χ2v) is 10.7. The van der Waals surface area contributed by atoms with Crippen LogP contribution in [-0.4, -0.2) is 25.6 Å². The van der Waals surface area contributed by atoms with Crippen LogP contribution >= 0.6 is 0 Å². The molecule has 1 N–H and O–H groups in total. The first-order valence-electron chi connectivity index (χ1n) is 9.35. The van der Waals surface area contributed by atoms with Crippen LogP contribution in [0, 0.1) is 29.1 Å². The van der Waals surface area contributed by atoms with Gasteiger partial charge in [0, 0.05) is 5.54 Å². The third-order valence-electron chi connectivity index (χ3n) is 6.26. The Morgan fingerprint density at radius 2 is 1.62 bits per heavy atom. The van der Waals surface area contributed by atoms with Gasteiger partial charge in [0.2, 0.25) is 5.91 Å². The Morgan fingerprint density at radius 3 is 2.12 bits per heavy atom. The zero-order valence-electron chi connectivity index (χ0n) is 14.8. The van der Waals surface area contributed by atoms with Gasteiger partial charge in [-0.25, -0.2) is 8.42 Å². The van der Waals surface area contributed by atoms with Crippen molar-refractivity contribution < 1.29 is 13.2 Å². The van der Waals surface area contributed by atoms with Gasteiger partial charge in [-0.15, -0.1) is 0 Å². The zero-order valence-corrected chi connectivity index (χ0v) is 15.6. The fourth-order valence-corrected chi connectivity index (χ4v) is 7.05. The smallest absolute Gasteiger partial charge is 0.235 e. The number of carbonyl (C=O) groups is 1. The minimum absolute atomic E-state index is 0.157. The van der Waals surface area contributed by atoms with Crippen molar-refractivity contribution in [3.8, 4) is 6.07 Å². The molecular formula is C20H24N2O3S. The van der Waals surface area contributed by atoms with Crippen molar-refractivity contribution >= 4 is 15.7 Å². The van der Waals surface area contributed by atoms with Crippen molar-refractivity contribution in [2.45, 2.75) is 49.8 Å². The molecule has 4 saturated carbocycles. The Kier molecular flexibility index (Phi) is 4.31. The number of nitrogens with one attached hydrogen (secondary N) is 1. The molecule has 4 fully saturated rings. The normalized spacial score (nSPS) is 32.2. The molecule has 0 heterocycles. The fraction of sp³-hybridized carbons (Fsp3) is 0.600. The van der Waals surface area contributed by atoms with E-state index in [9.17, 15) is 13.2 Å². The summed E-state index contributed by atoms with van der Waals surface area (Å²) in [6.45, 7) is 0. The van der Waals surface area contributed by atoms with Crippen LogP contribution in [0.1, 0.15) is 49.7 Å². The second-order valence-electron chi connectivity index (χ2n) is 8.59. The summed E-state index contributed by atoms with van der Waals surface area (Å²) in [6.07, 6.45) is 6.89. The van der Waals surface area contributed by atoms with E-state index in [2.05, 4.69) is 5.32 Å². The fourth-order valence-electron chi connectivity index (χ4n) is 5.78. The zero-order chi connectivity index (χ0) is 18.4. The Morgan fingerprint density at radius 1 is 1.08 bits per heavy atom. The van der Waals surface area contributed by atoms with Crippen LogP contribution in [0.25, 0.3) is 0 Å². The summed E-state index contributed by atoms with van der Waals surface area (Å²) < 4.78 is 24.8. The van der Waals surface area contributed by atoms with Gasteiger partial charge >= 0.3 is 0 Å². The van der Waals surface area contributed by atoms with Gasteiger partial charge in [-0.2, -0.15) is 5.26 Å². The number of hydrogen-bond acceptors (Lipinski definition) is 4. The quantitative estimate of drug-likeness (QED) is 0.860. The summed E-state index contributed by atoms with van der Waals surface area (Å²) in [5.74, 6) is 1.12. The average Bonchev–Trinajstić information content (AvgIpc) is 2.52. The lowest BCUT2D eigenvalue weighted by atomic mass is 9.53. The highest BCUT2D eigenvalue weighted by molar-refractivity contribution is 7.91. The van der Waals surface area contributed by atoms with Crippen molar-refractivity contribution in [2.24, 2.45) is 17.8 Å². The van der Waals surface area contributed by atoms with E-state index in [1.165, 1.54) is 19.3 Å². The Labute approximate surface area is 154 Å². The van der Waals surface area contributed by atoms with E-state index >= 15 is 0 Å². The highest BCUT2D eigenvalue weighted by Crippen LogP contribution is 2.55. The molecule has 0 aliphatic heterocycles. The van der Waals surface area contributed by atoms with E-state index < -0.39 is 15.6 Å². The summed E-state index contributed by atoms with van der Waals surface area (Å²) in [4.78, 5) is 12.5. The molecule has 26 heavy (non-hydrogen) atoms. The van der Waals surface area contributed by atoms with Gasteiger partial charge in [-0.3, -0.25) is 4.79 Å². The molecule has 4 bridgehead atoms. The number of amides is 1. The van der Waals surface area contributed by atoms with Crippen molar-refractivity contribution in [3.05, 3.63) is 35.4 Å². The van der Waals surface area contributed by atoms with Gasteiger partial charge in [0.25, 0.3) is 0 Å². The first kappa shape index (κ1) is 17.5. The van der Waals surface area contributed by atoms with Gasteiger partial charge < -0.3 is 5.32 Å². The number of sulfone groups is 1. The molecule has 5 rings (SSSR count). The molecule has 4 aliphatic carbocycles. The predicted octanol–water partition coefficient (Wildman–Crippen LogP) is 2.56. The summed E-state index contributed by atoms with van der Waals surface area (Å²) in [5, 5.41) is 11.9. The van der Waals surface area contributed by atoms with Crippen LogP contribution in [0.2, 0.25) is 0 Å². The third-order valence-corrected chi connectivity index (χ3v) is 7.74. The lowest BCUT2D eigenvalue weighted by Crippen LogP contribution is -2.60. The lowest BCUT2D eigenvalue weighted by molar-refractivity contribution is -0.124. The molecule has 0 saturated heterocycles. The van der Waals surface area contributed by atoms with Gasteiger partial charge in [-0.1, -0.05) is 12.1 Å². The standard InChI is InChI=1S/C20H24N2O3S/c21-11-14-1-3-15(4-2-14)12-26(24,25)13-19(23)22-20-8-16-5-17(9-20)7-18(6-16)10-20/h1-4,16-18H,5-10,12-13H2,(H,22,23). The first-order chi connectivity index (χ1) is 12.3. The molecule has 0 unspecified atom stereocenters. The monoisotopic (exact) mass is 372 g/mol. The predicted molar refractivity (Wildman–Crippen MR) is 97.7 cm³/mol. The number of carbonyl (C=O) groups excluding carboxylic acids is 1. The van der Waals surface area contributed by atoms with Crippen molar-refractivity contribution in [2.75, 3.05) is 5.75 Å². The van der Waals surface area contributed by atoms with Crippen molar-refractivity contribution in [3.63, 3.8) is 0 Å². The first-order valence-corrected chi connectivity index (χ1v) is 11.2. The van der Waals surface area contributed by atoms with Crippen LogP contribution in [0.3, 0.4) is 0 Å². The minimum atomic E-state index is -3.53. The molecular weight excluding hydrogens is 348 g/mol. The molecule has 1 aromatic rings. The maximum Gasteiger partial charge on any atom is 0.235 e. The Bertz CT molecular complexity index is 817. The number of nitriles is 1. The van der Waals surface area contributed by atoms with E-state index in [-0.39, 0.29) is 17.2 Å². The molecule has 138 valence electrons. The largest absolute Gasteiger partial charge is 0.350 e. The summed E-state index contributed by atoms with van der Waals surface area (Å²) >= 11 is 0. The molecule has 0 radical (unpaired) electrons. The van der Waals surface area contributed by atoms with Crippen molar-refractivity contribution in [1.29, 1.82) is 5.26 Å². The van der Waals surface area contributed by atoms with Crippen LogP contribution in [0.15, 0.2) is 24.3 Å². The molecule has 6 heteroatoms. The topological polar surface area (TPSA) is 87.0 Å². The summed E-state index contributed by atoms with van der Waals surface area (Å²) in [7, 11) is -3.53. The number of hydrogen-bond donors (Lipinski definition) is 1. The van der Waals surface area contributed by atoms with E-state index in [0.29, 0.717) is 28.9 Å². The van der Waals surface area contributed by atoms with Gasteiger partial charge in [0.05, 0.1) is 17.4 Å². The molecule has 5 nitrogen and oxygen atoms in total. The SMILES string of the molecule is N#Cc1ccc(CS(=O)(=O)CC(=O)NC23CC4CC(CC(C4)C2)C3)cc1. The maximum absolute atomic E-state index is 12.5. The Balaban J connectivity index is 1.38. The van der Waals surface area contributed by atoms with E-state index in [0.717, 1.165) is 19.3 Å². The highest BCUT2D eigenvalue weighted by Gasteiger charge is 2.51. The molecule has 0 atom stereocenters. The molecule has 0 aromatic heterocycles. The number of rotatable bonds is 5. The average molecular weight is 372 g/mol. The Hall–Kier alpha value is -1.87. The van der Waals surface area contributed by atoms with E-state index in [1.807, 2.05) is 6.07 Å². The van der Waals surface area contributed by atoms with E-state index in [4.69, 9.17) is 5.26 Å². The molecule has 4 aliphatic rings. The molecule has 0 spiro atoms. The molecule has 1 amide bonds. The van der Waals surface area contributed by atoms with Crippen LogP contribution in [0.5, 0.6) is 0 Å². The lowest BCUT2D eigenvalue weighted by Gasteiger charge is -2.56. The van der Waals surface area contributed by atoms with Crippen LogP contribution in [-0.2, 0) is 20.4 Å². The highest BCUT2D eigenvalue weighted by atomic mass is 32.2. The van der Waals surface area contributed by atoms with Crippen molar-refractivity contribution in [1.82, 2.24) is 5.32 Å². The van der Waals surface area contributed by atoms with Crippen LogP contribution < -0.4 is 5.32 Å². The second kappa shape index (κ2) is 6.38. The third kappa shape index (κ3) is 3.64. The summed E-state index contributed by atoms with van der Waals surface area (Å²) in [5.41, 5.74) is 0.938. The minimum Gasteiger partial charge on any atom is -0.350 e. The number of benzene rings is 1. The number of nitrogens with zero attached hydrogens (tertiary/aromatic N) is 1. The maximum atomic E-state index is 12.5.